The highest BCUT2D eigenvalue weighted by Gasteiger charge is 2.02. The largest absolute Gasteiger partial charge is 0.330 e. The number of nitrogens with two attached hydrogens (primary N) is 1. The Morgan fingerprint density at radius 2 is 2.18 bits per heavy atom. The van der Waals surface area contributed by atoms with Gasteiger partial charge >= 0.3 is 0 Å². The Labute approximate surface area is 110 Å². The van der Waals surface area contributed by atoms with Crippen LogP contribution in [-0.2, 0) is 19.5 Å². The lowest BCUT2D eigenvalue weighted by Crippen LogP contribution is -2.13. The molecule has 0 aromatic carbocycles. The van der Waals surface area contributed by atoms with E-state index >= 15 is 0 Å². The predicted octanol–water partition coefficient (Wildman–Crippen LogP) is 2.30. The number of hydrogen-bond donors (Lipinski definition) is 2. The van der Waals surface area contributed by atoms with Crippen LogP contribution < -0.4 is 11.1 Å². The Kier molecular flexibility index (Phi) is 4.67. The average molecular weight is 267 g/mol. The minimum absolute atomic E-state index is 0.675. The van der Waals surface area contributed by atoms with Gasteiger partial charge in [0.25, 0.3) is 0 Å². The topological polar surface area (TPSA) is 50.9 Å². The summed E-state index contributed by atoms with van der Waals surface area (Å²) in [5, 5.41) is 11.0. The zero-order valence-corrected chi connectivity index (χ0v) is 11.5. The molecule has 0 aliphatic carbocycles. The number of thiazole rings is 1. The van der Waals surface area contributed by atoms with Crippen LogP contribution in [0.3, 0.4) is 0 Å². The van der Waals surface area contributed by atoms with Crippen molar-refractivity contribution in [3.05, 3.63) is 38.0 Å². The molecule has 3 nitrogen and oxygen atoms in total. The maximum absolute atomic E-state index is 5.50. The molecule has 0 fully saturated rings. The van der Waals surface area contributed by atoms with Crippen LogP contribution in [0.1, 0.15) is 21.8 Å². The second-order valence-electron chi connectivity index (χ2n) is 3.95. The fraction of sp³-hybridized carbons (Fsp3) is 0.417. The molecule has 0 aliphatic heterocycles. The third kappa shape index (κ3) is 3.61. The SMILES string of the molecule is Cc1cscc1CNCc1csc(CCN)n1. The van der Waals surface area contributed by atoms with Gasteiger partial charge in [-0.05, 0) is 35.4 Å². The van der Waals surface area contributed by atoms with E-state index in [4.69, 9.17) is 5.73 Å². The number of rotatable bonds is 6. The molecule has 92 valence electrons. The smallest absolute Gasteiger partial charge is 0.0941 e. The van der Waals surface area contributed by atoms with Crippen molar-refractivity contribution < 1.29 is 0 Å². The average Bonchev–Trinajstić information content (AvgIpc) is 2.90. The first-order chi connectivity index (χ1) is 8.29. The molecule has 0 spiro atoms. The molecule has 0 atom stereocenters. The molecule has 0 amide bonds. The van der Waals surface area contributed by atoms with Crippen LogP contribution in [0.4, 0.5) is 0 Å². The summed E-state index contributed by atoms with van der Waals surface area (Å²) in [4.78, 5) is 4.52. The fourth-order valence-electron chi connectivity index (χ4n) is 1.56. The van der Waals surface area contributed by atoms with Gasteiger partial charge in [0.2, 0.25) is 0 Å². The molecular formula is C12H17N3S2. The zero-order chi connectivity index (χ0) is 12.1. The van der Waals surface area contributed by atoms with Gasteiger partial charge in [0.05, 0.1) is 10.7 Å². The molecule has 0 saturated carbocycles. The molecule has 17 heavy (non-hydrogen) atoms. The molecule has 0 unspecified atom stereocenters. The van der Waals surface area contributed by atoms with E-state index in [0.717, 1.165) is 30.2 Å². The summed E-state index contributed by atoms with van der Waals surface area (Å²) in [6.07, 6.45) is 0.883. The van der Waals surface area contributed by atoms with Crippen molar-refractivity contribution in [1.29, 1.82) is 0 Å². The number of aryl methyl sites for hydroxylation is 1. The Bertz CT molecular complexity index is 462. The molecule has 2 heterocycles. The number of nitrogens with zero attached hydrogens (tertiary/aromatic N) is 1. The van der Waals surface area contributed by atoms with E-state index in [2.05, 4.69) is 33.4 Å². The van der Waals surface area contributed by atoms with Crippen molar-refractivity contribution in [2.24, 2.45) is 5.73 Å². The van der Waals surface area contributed by atoms with E-state index < -0.39 is 0 Å². The van der Waals surface area contributed by atoms with E-state index in [1.807, 2.05) is 0 Å². The van der Waals surface area contributed by atoms with Crippen molar-refractivity contribution in [3.63, 3.8) is 0 Å². The monoisotopic (exact) mass is 267 g/mol. The van der Waals surface area contributed by atoms with Crippen molar-refractivity contribution in [2.75, 3.05) is 6.54 Å². The van der Waals surface area contributed by atoms with Crippen LogP contribution >= 0.6 is 22.7 Å². The molecule has 2 aromatic heterocycles. The first-order valence-corrected chi connectivity index (χ1v) is 7.47. The Balaban J connectivity index is 1.80. The highest BCUT2D eigenvalue weighted by Crippen LogP contribution is 2.14. The van der Waals surface area contributed by atoms with Crippen LogP contribution in [0, 0.1) is 6.92 Å². The van der Waals surface area contributed by atoms with Gasteiger partial charge < -0.3 is 11.1 Å². The van der Waals surface area contributed by atoms with Crippen LogP contribution in [0.25, 0.3) is 0 Å². The minimum atomic E-state index is 0.675. The standard InChI is InChI=1S/C12H17N3S2/c1-9-6-16-7-10(9)4-14-5-11-8-17-12(15-11)2-3-13/h6-8,14H,2-5,13H2,1H3. The van der Waals surface area contributed by atoms with Crippen LogP contribution in [-0.4, -0.2) is 11.5 Å². The highest BCUT2D eigenvalue weighted by molar-refractivity contribution is 7.09. The fourth-order valence-corrected chi connectivity index (χ4v) is 3.23. The van der Waals surface area contributed by atoms with Crippen LogP contribution in [0.15, 0.2) is 16.1 Å². The van der Waals surface area contributed by atoms with Gasteiger partial charge in [-0.2, -0.15) is 11.3 Å². The lowest BCUT2D eigenvalue weighted by Gasteiger charge is -2.01. The maximum atomic E-state index is 5.50. The van der Waals surface area contributed by atoms with E-state index in [1.165, 1.54) is 11.1 Å². The molecular weight excluding hydrogens is 250 g/mol. The second kappa shape index (κ2) is 6.26. The number of hydrogen-bond acceptors (Lipinski definition) is 5. The van der Waals surface area contributed by atoms with Crippen molar-refractivity contribution in [3.8, 4) is 0 Å². The summed E-state index contributed by atoms with van der Waals surface area (Å²) >= 11 is 3.45. The van der Waals surface area contributed by atoms with Gasteiger partial charge in [0.15, 0.2) is 0 Å². The van der Waals surface area contributed by atoms with Gasteiger partial charge in [-0.3, -0.25) is 0 Å². The molecule has 5 heteroatoms. The summed E-state index contributed by atoms with van der Waals surface area (Å²) in [5.74, 6) is 0. The normalized spacial score (nSPS) is 10.9. The van der Waals surface area contributed by atoms with Crippen LogP contribution in [0.5, 0.6) is 0 Å². The van der Waals surface area contributed by atoms with Gasteiger partial charge in [-0.1, -0.05) is 0 Å². The molecule has 2 rings (SSSR count). The first-order valence-electron chi connectivity index (χ1n) is 5.65. The van der Waals surface area contributed by atoms with Crippen molar-refractivity contribution >= 4 is 22.7 Å². The number of thiophene rings is 1. The Hall–Kier alpha value is -0.750. The summed E-state index contributed by atoms with van der Waals surface area (Å²) in [6, 6.07) is 0. The van der Waals surface area contributed by atoms with E-state index in [9.17, 15) is 0 Å². The summed E-state index contributed by atoms with van der Waals surface area (Å²) in [6.45, 7) is 4.57. The highest BCUT2D eigenvalue weighted by atomic mass is 32.1. The molecule has 0 radical (unpaired) electrons. The first kappa shape index (κ1) is 12.7. The molecule has 0 aliphatic rings. The Morgan fingerprint density at radius 3 is 2.88 bits per heavy atom. The Morgan fingerprint density at radius 1 is 1.29 bits per heavy atom. The summed E-state index contributed by atoms with van der Waals surface area (Å²) in [7, 11) is 0. The molecule has 0 bridgehead atoms. The van der Waals surface area contributed by atoms with Gasteiger partial charge in [-0.25, -0.2) is 4.98 Å². The van der Waals surface area contributed by atoms with Gasteiger partial charge in [0, 0.05) is 24.9 Å². The van der Waals surface area contributed by atoms with Crippen molar-refractivity contribution in [2.45, 2.75) is 26.4 Å². The molecule has 2 aromatic rings. The number of nitrogens with one attached hydrogen (secondary N) is 1. The van der Waals surface area contributed by atoms with E-state index in [-0.39, 0.29) is 0 Å². The van der Waals surface area contributed by atoms with Gasteiger partial charge in [-0.15, -0.1) is 11.3 Å². The summed E-state index contributed by atoms with van der Waals surface area (Å²) in [5.41, 5.74) is 9.37. The van der Waals surface area contributed by atoms with E-state index in [0.29, 0.717) is 6.54 Å². The van der Waals surface area contributed by atoms with Crippen LogP contribution in [0.2, 0.25) is 0 Å². The third-order valence-corrected chi connectivity index (χ3v) is 4.41. The third-order valence-electron chi connectivity index (χ3n) is 2.54. The lowest BCUT2D eigenvalue weighted by molar-refractivity contribution is 0.679. The predicted molar refractivity (Wildman–Crippen MR) is 74.5 cm³/mol. The van der Waals surface area contributed by atoms with Crippen molar-refractivity contribution in [1.82, 2.24) is 10.3 Å². The molecule has 3 N–H and O–H groups in total. The molecule has 0 saturated heterocycles. The van der Waals surface area contributed by atoms with Gasteiger partial charge in [0.1, 0.15) is 0 Å². The lowest BCUT2D eigenvalue weighted by atomic mass is 10.2. The zero-order valence-electron chi connectivity index (χ0n) is 9.90. The van der Waals surface area contributed by atoms with E-state index in [1.54, 1.807) is 22.7 Å². The summed E-state index contributed by atoms with van der Waals surface area (Å²) < 4.78 is 0. The quantitative estimate of drug-likeness (QED) is 0.844. The maximum Gasteiger partial charge on any atom is 0.0941 e. The number of aromatic nitrogens is 1. The second-order valence-corrected chi connectivity index (χ2v) is 5.64. The minimum Gasteiger partial charge on any atom is -0.330 e.